The molecule has 2 N–H and O–H groups in total. The van der Waals surface area contributed by atoms with Gasteiger partial charge in [0.05, 0.1) is 12.1 Å². The number of ether oxygens (including phenoxy) is 1. The van der Waals surface area contributed by atoms with Crippen molar-refractivity contribution in [2.45, 2.75) is 38.0 Å². The number of methoxy groups -OCH3 is 1. The highest BCUT2D eigenvalue weighted by molar-refractivity contribution is 5.92. The number of hydrogen-bond acceptors (Lipinski definition) is 6. The average molecular weight is 411 g/mol. The number of carbonyl (C=O) groups is 1. The maximum absolute atomic E-state index is 13.2. The summed E-state index contributed by atoms with van der Waals surface area (Å²) in [6.07, 6.45) is 6.68. The minimum atomic E-state index is 0.0705. The molecule has 1 saturated carbocycles. The molecule has 2 fully saturated rings. The maximum atomic E-state index is 13.2. The second-order valence-corrected chi connectivity index (χ2v) is 8.68. The average Bonchev–Trinajstić information content (AvgIpc) is 3.30. The second-order valence-electron chi connectivity index (χ2n) is 8.68. The minimum absolute atomic E-state index is 0.0705. The Morgan fingerprint density at radius 1 is 1.23 bits per heavy atom. The van der Waals surface area contributed by atoms with Gasteiger partial charge in [-0.3, -0.25) is 4.79 Å². The smallest absolute Gasteiger partial charge is 0.274 e. The van der Waals surface area contributed by atoms with Gasteiger partial charge in [0.25, 0.3) is 5.91 Å². The summed E-state index contributed by atoms with van der Waals surface area (Å²) in [6.45, 7) is 4.31. The van der Waals surface area contributed by atoms with Gasteiger partial charge in [-0.25, -0.2) is 9.97 Å². The van der Waals surface area contributed by atoms with Crippen LogP contribution in [0.4, 0.5) is 5.82 Å². The zero-order valence-corrected chi connectivity index (χ0v) is 17.5. The number of pyridine rings is 1. The van der Waals surface area contributed by atoms with Gasteiger partial charge < -0.3 is 24.8 Å². The largest absolute Gasteiger partial charge is 0.379 e. The second kappa shape index (κ2) is 8.35. The molecular formula is C22H30N6O2. The van der Waals surface area contributed by atoms with Gasteiger partial charge in [-0.15, -0.1) is 0 Å². The Bertz CT molecular complexity index is 862. The number of fused-ring (bicyclic) bond motifs is 2. The molecule has 2 aromatic rings. The van der Waals surface area contributed by atoms with E-state index in [2.05, 4.69) is 25.2 Å². The van der Waals surface area contributed by atoms with Crippen LogP contribution in [0.5, 0.6) is 0 Å². The summed E-state index contributed by atoms with van der Waals surface area (Å²) in [7, 11) is 1.78. The van der Waals surface area contributed by atoms with E-state index in [4.69, 9.17) is 4.74 Å². The van der Waals surface area contributed by atoms with Crippen molar-refractivity contribution in [1.82, 2.24) is 24.8 Å². The summed E-state index contributed by atoms with van der Waals surface area (Å²) in [5, 5.41) is 6.92. The lowest BCUT2D eigenvalue weighted by Crippen LogP contribution is -2.44. The number of aromatic nitrogens is 3. The summed E-state index contributed by atoms with van der Waals surface area (Å²) in [5.41, 5.74) is 0.594. The molecule has 3 aliphatic rings. The molecule has 0 unspecified atom stereocenters. The minimum Gasteiger partial charge on any atom is -0.379 e. The molecule has 8 heteroatoms. The molecule has 0 radical (unpaired) electrons. The van der Waals surface area contributed by atoms with E-state index in [9.17, 15) is 4.79 Å². The van der Waals surface area contributed by atoms with Crippen LogP contribution in [0.25, 0.3) is 0 Å². The highest BCUT2D eigenvalue weighted by Crippen LogP contribution is 2.38. The lowest BCUT2D eigenvalue weighted by molar-refractivity contribution is 0.0304. The molecule has 0 spiro atoms. The highest BCUT2D eigenvalue weighted by Gasteiger charge is 2.44. The first kappa shape index (κ1) is 19.5. The molecule has 30 heavy (non-hydrogen) atoms. The van der Waals surface area contributed by atoms with Gasteiger partial charge in [-0.2, -0.15) is 0 Å². The van der Waals surface area contributed by atoms with Gasteiger partial charge in [0.2, 0.25) is 0 Å². The number of imidazole rings is 1. The van der Waals surface area contributed by atoms with E-state index in [1.807, 2.05) is 29.3 Å². The third-order valence-electron chi connectivity index (χ3n) is 6.84. The van der Waals surface area contributed by atoms with Gasteiger partial charge in [-0.1, -0.05) is 6.07 Å². The lowest BCUT2D eigenvalue weighted by atomic mass is 9.77. The first-order valence-corrected chi connectivity index (χ1v) is 11.0. The van der Waals surface area contributed by atoms with Gasteiger partial charge in [0.1, 0.15) is 17.3 Å². The van der Waals surface area contributed by atoms with E-state index in [0.29, 0.717) is 17.5 Å². The third-order valence-corrected chi connectivity index (χ3v) is 6.84. The molecule has 1 saturated heterocycles. The van der Waals surface area contributed by atoms with Crippen molar-refractivity contribution in [3.63, 3.8) is 0 Å². The van der Waals surface area contributed by atoms with Crippen molar-refractivity contribution in [2.24, 2.45) is 11.8 Å². The zero-order chi connectivity index (χ0) is 20.5. The van der Waals surface area contributed by atoms with Crippen LogP contribution < -0.4 is 10.6 Å². The Morgan fingerprint density at radius 2 is 2.10 bits per heavy atom. The molecular weight excluding hydrogens is 380 g/mol. The van der Waals surface area contributed by atoms with Crippen molar-refractivity contribution in [3.05, 3.63) is 42.1 Å². The quantitative estimate of drug-likeness (QED) is 0.793. The molecule has 8 nitrogen and oxygen atoms in total. The van der Waals surface area contributed by atoms with Gasteiger partial charge in [-0.05, 0) is 36.8 Å². The lowest BCUT2D eigenvalue weighted by Gasteiger charge is -2.37. The van der Waals surface area contributed by atoms with E-state index in [1.165, 1.54) is 0 Å². The van der Waals surface area contributed by atoms with Crippen molar-refractivity contribution in [1.29, 1.82) is 0 Å². The number of amides is 1. The molecule has 0 aromatic carbocycles. The fourth-order valence-corrected chi connectivity index (χ4v) is 5.27. The van der Waals surface area contributed by atoms with Crippen LogP contribution in [-0.2, 0) is 17.7 Å². The number of likely N-dealkylation sites (tertiary alicyclic amines) is 1. The fraction of sp³-hybridized carbons (Fsp3) is 0.591. The molecule has 160 valence electrons. The Morgan fingerprint density at radius 3 is 2.90 bits per heavy atom. The van der Waals surface area contributed by atoms with Crippen LogP contribution in [0.1, 0.15) is 29.2 Å². The van der Waals surface area contributed by atoms with E-state index >= 15 is 0 Å². The summed E-state index contributed by atoms with van der Waals surface area (Å²) < 4.78 is 7.95. The van der Waals surface area contributed by atoms with Crippen LogP contribution in [0.2, 0.25) is 0 Å². The number of nitrogens with one attached hydrogen (secondary N) is 2. The van der Waals surface area contributed by atoms with Crippen LogP contribution in [0.3, 0.4) is 0 Å². The topological polar surface area (TPSA) is 84.3 Å². The first-order chi connectivity index (χ1) is 14.7. The number of nitrogens with zero attached hydrogens (tertiary/aromatic N) is 4. The Hall–Kier alpha value is -2.45. The Kier molecular flexibility index (Phi) is 5.43. The van der Waals surface area contributed by atoms with E-state index < -0.39 is 0 Å². The molecule has 1 aliphatic carbocycles. The van der Waals surface area contributed by atoms with Crippen molar-refractivity contribution >= 4 is 11.7 Å². The summed E-state index contributed by atoms with van der Waals surface area (Å²) >= 11 is 0. The standard InChI is InChI=1S/C22H30N6O2/c1-30-19-11-16-13-28(12-15(16)10-17(19)25-20-4-2-3-6-24-20)22(29)18-14-27-9-8-23-7-5-21(27)26-18/h2-4,6,14-17,19,23H,5,7-13H2,1H3,(H,24,25)/t15-,16+,17-,19-/m1/s1. The van der Waals surface area contributed by atoms with E-state index in [0.717, 1.165) is 63.6 Å². The van der Waals surface area contributed by atoms with Crippen LogP contribution in [0, 0.1) is 11.8 Å². The number of rotatable bonds is 4. The summed E-state index contributed by atoms with van der Waals surface area (Å²) in [4.78, 5) is 24.3. The predicted molar refractivity (Wildman–Crippen MR) is 113 cm³/mol. The van der Waals surface area contributed by atoms with Crippen molar-refractivity contribution in [2.75, 3.05) is 38.6 Å². The molecule has 2 aliphatic heterocycles. The monoisotopic (exact) mass is 410 g/mol. The van der Waals surface area contributed by atoms with Crippen LogP contribution in [0.15, 0.2) is 30.6 Å². The molecule has 1 amide bonds. The number of carbonyl (C=O) groups excluding carboxylic acids is 1. The SMILES string of the molecule is CO[C@@H]1C[C@H]2CN(C(=O)c3cn4c(n3)CCNCC4)C[C@H]2C[C@H]1Nc1ccccn1. The van der Waals surface area contributed by atoms with Gasteiger partial charge in [0, 0.05) is 58.6 Å². The molecule has 2 aromatic heterocycles. The molecule has 0 bridgehead atoms. The Balaban J connectivity index is 1.27. The van der Waals surface area contributed by atoms with Crippen molar-refractivity contribution < 1.29 is 9.53 Å². The van der Waals surface area contributed by atoms with Gasteiger partial charge in [0.15, 0.2) is 0 Å². The van der Waals surface area contributed by atoms with Crippen molar-refractivity contribution in [3.8, 4) is 0 Å². The molecule has 5 rings (SSSR count). The third kappa shape index (κ3) is 3.81. The van der Waals surface area contributed by atoms with E-state index in [-0.39, 0.29) is 18.1 Å². The highest BCUT2D eigenvalue weighted by atomic mass is 16.5. The normalized spacial score (nSPS) is 28.5. The zero-order valence-electron chi connectivity index (χ0n) is 17.5. The number of hydrogen-bond donors (Lipinski definition) is 2. The fourth-order valence-electron chi connectivity index (χ4n) is 5.27. The van der Waals surface area contributed by atoms with Crippen LogP contribution >= 0.6 is 0 Å². The predicted octanol–water partition coefficient (Wildman–Crippen LogP) is 1.40. The molecule has 4 atom stereocenters. The summed E-state index contributed by atoms with van der Waals surface area (Å²) in [6, 6.07) is 6.10. The van der Waals surface area contributed by atoms with Gasteiger partial charge >= 0.3 is 0 Å². The summed E-state index contributed by atoms with van der Waals surface area (Å²) in [5.74, 6) is 2.92. The number of anilines is 1. The van der Waals surface area contributed by atoms with E-state index in [1.54, 1.807) is 13.3 Å². The van der Waals surface area contributed by atoms with Crippen LogP contribution in [-0.4, -0.2) is 70.8 Å². The molecule has 4 heterocycles. The maximum Gasteiger partial charge on any atom is 0.274 e. The Labute approximate surface area is 177 Å². The first-order valence-electron chi connectivity index (χ1n) is 11.0.